The molecule has 2 heterocycles. The lowest BCUT2D eigenvalue weighted by Crippen LogP contribution is -2.31. The fraction of sp³-hybridized carbons (Fsp3) is 0.214. The number of nitrogens with zero attached hydrogens (tertiary/aromatic N) is 4. The Kier molecular flexibility index (Phi) is 3.06. The van der Waals surface area contributed by atoms with Crippen LogP contribution in [0, 0.1) is 11.3 Å². The number of nitriles is 1. The van der Waals surface area contributed by atoms with E-state index in [0.29, 0.717) is 17.3 Å². The van der Waals surface area contributed by atoms with Crippen LogP contribution >= 0.6 is 11.6 Å². The minimum absolute atomic E-state index is 0.504. The second kappa shape index (κ2) is 4.87. The first kappa shape index (κ1) is 11.9. The lowest BCUT2D eigenvalue weighted by molar-refractivity contribution is 0.704. The lowest BCUT2D eigenvalue weighted by atomic mass is 10.1. The van der Waals surface area contributed by atoms with Crippen molar-refractivity contribution in [3.63, 3.8) is 0 Å². The monoisotopic (exact) mass is 270 g/mol. The molecule has 19 heavy (non-hydrogen) atoms. The van der Waals surface area contributed by atoms with E-state index in [9.17, 15) is 5.26 Å². The lowest BCUT2D eigenvalue weighted by Gasteiger charge is -2.30. The van der Waals surface area contributed by atoms with Crippen LogP contribution in [0.2, 0.25) is 5.15 Å². The number of rotatable bonds is 1. The van der Waals surface area contributed by atoms with Gasteiger partial charge in [-0.25, -0.2) is 9.97 Å². The van der Waals surface area contributed by atoms with Gasteiger partial charge in [0.15, 0.2) is 0 Å². The Hall–Kier alpha value is -2.12. The number of fused-ring (bicyclic) bond motifs is 1. The summed E-state index contributed by atoms with van der Waals surface area (Å²) in [5, 5.41) is 9.68. The van der Waals surface area contributed by atoms with Crippen molar-refractivity contribution >= 4 is 17.3 Å². The first-order chi connectivity index (χ1) is 9.29. The van der Waals surface area contributed by atoms with Gasteiger partial charge in [0.25, 0.3) is 0 Å². The molecule has 4 nitrogen and oxygen atoms in total. The molecule has 0 N–H and O–H groups in total. The zero-order chi connectivity index (χ0) is 13.2. The molecule has 0 amide bonds. The van der Waals surface area contributed by atoms with E-state index in [1.165, 1.54) is 6.33 Å². The summed E-state index contributed by atoms with van der Waals surface area (Å²) < 4.78 is 0. The molecule has 1 aromatic carbocycles. The van der Waals surface area contributed by atoms with Gasteiger partial charge in [-0.05, 0) is 12.1 Å². The Morgan fingerprint density at radius 3 is 2.95 bits per heavy atom. The number of hydrogen-bond acceptors (Lipinski definition) is 4. The summed E-state index contributed by atoms with van der Waals surface area (Å²) in [6, 6.07) is 9.82. The summed E-state index contributed by atoms with van der Waals surface area (Å²) in [5.74, 6) is 0. The largest absolute Gasteiger partial charge is 0.366 e. The molecule has 1 aliphatic rings. The van der Waals surface area contributed by atoms with E-state index in [0.717, 1.165) is 29.9 Å². The summed E-state index contributed by atoms with van der Waals surface area (Å²) in [6.45, 7) is 1.48. The third-order valence-electron chi connectivity index (χ3n) is 3.31. The smallest absolute Gasteiger partial charge is 0.137 e. The van der Waals surface area contributed by atoms with E-state index in [1.54, 1.807) is 0 Å². The van der Waals surface area contributed by atoms with Crippen LogP contribution in [-0.2, 0) is 13.0 Å². The van der Waals surface area contributed by atoms with Crippen molar-refractivity contribution in [2.45, 2.75) is 13.0 Å². The van der Waals surface area contributed by atoms with Gasteiger partial charge in [-0.2, -0.15) is 5.26 Å². The zero-order valence-electron chi connectivity index (χ0n) is 10.2. The van der Waals surface area contributed by atoms with Gasteiger partial charge in [-0.15, -0.1) is 0 Å². The molecule has 0 saturated heterocycles. The first-order valence-corrected chi connectivity index (χ1v) is 6.39. The van der Waals surface area contributed by atoms with Crippen molar-refractivity contribution < 1.29 is 0 Å². The van der Waals surface area contributed by atoms with Gasteiger partial charge in [-0.3, -0.25) is 0 Å². The number of hydrogen-bond donors (Lipinski definition) is 0. The van der Waals surface area contributed by atoms with Crippen molar-refractivity contribution in [1.29, 1.82) is 5.26 Å². The molecule has 0 bridgehead atoms. The van der Waals surface area contributed by atoms with Crippen LogP contribution in [0.1, 0.15) is 16.8 Å². The highest BCUT2D eigenvalue weighted by Crippen LogP contribution is 2.28. The standard InChI is InChI=1S/C14H11ClN4/c15-14-11-8-19(6-5-12(11)17-9-18-14)13-4-2-1-3-10(13)7-16/h1-4,9H,5-6,8H2. The van der Waals surface area contributed by atoms with Crippen LogP contribution in [0.25, 0.3) is 0 Å². The predicted octanol–water partition coefficient (Wildman–Crippen LogP) is 2.56. The molecule has 0 unspecified atom stereocenters. The summed E-state index contributed by atoms with van der Waals surface area (Å²) in [4.78, 5) is 10.4. The Morgan fingerprint density at radius 1 is 1.26 bits per heavy atom. The summed E-state index contributed by atoms with van der Waals surface area (Å²) in [7, 11) is 0. The summed E-state index contributed by atoms with van der Waals surface area (Å²) >= 11 is 6.13. The number of halogens is 1. The molecule has 0 aliphatic carbocycles. The minimum Gasteiger partial charge on any atom is -0.366 e. The van der Waals surface area contributed by atoms with Gasteiger partial charge in [0.05, 0.1) is 16.9 Å². The maximum atomic E-state index is 9.17. The van der Waals surface area contributed by atoms with E-state index < -0.39 is 0 Å². The summed E-state index contributed by atoms with van der Waals surface area (Å²) in [5.41, 5.74) is 3.59. The quantitative estimate of drug-likeness (QED) is 0.748. The highest BCUT2D eigenvalue weighted by molar-refractivity contribution is 6.30. The molecule has 1 aromatic heterocycles. The average molecular weight is 271 g/mol. The van der Waals surface area contributed by atoms with Crippen molar-refractivity contribution in [2.24, 2.45) is 0 Å². The Balaban J connectivity index is 1.98. The van der Waals surface area contributed by atoms with Gasteiger partial charge >= 0.3 is 0 Å². The average Bonchev–Trinajstić information content (AvgIpc) is 2.47. The maximum Gasteiger partial charge on any atom is 0.137 e. The van der Waals surface area contributed by atoms with Crippen LogP contribution in [0.5, 0.6) is 0 Å². The van der Waals surface area contributed by atoms with Crippen LogP contribution in [-0.4, -0.2) is 16.5 Å². The molecular formula is C14H11ClN4. The molecule has 1 aliphatic heterocycles. The third-order valence-corrected chi connectivity index (χ3v) is 3.64. The van der Waals surface area contributed by atoms with Crippen molar-refractivity contribution in [3.8, 4) is 6.07 Å². The molecule has 0 radical (unpaired) electrons. The number of benzene rings is 1. The second-order valence-corrected chi connectivity index (χ2v) is 4.75. The normalized spacial score (nSPS) is 13.8. The zero-order valence-corrected chi connectivity index (χ0v) is 10.9. The third kappa shape index (κ3) is 2.13. The number of aromatic nitrogens is 2. The van der Waals surface area contributed by atoms with E-state index in [1.807, 2.05) is 24.3 Å². The van der Waals surface area contributed by atoms with Gasteiger partial charge in [0.2, 0.25) is 0 Å². The molecule has 0 saturated carbocycles. The Morgan fingerprint density at radius 2 is 2.11 bits per heavy atom. The fourth-order valence-electron chi connectivity index (χ4n) is 2.36. The second-order valence-electron chi connectivity index (χ2n) is 4.39. The van der Waals surface area contributed by atoms with Crippen LogP contribution in [0.15, 0.2) is 30.6 Å². The molecule has 0 fully saturated rings. The topological polar surface area (TPSA) is 52.8 Å². The van der Waals surface area contributed by atoms with E-state index in [2.05, 4.69) is 20.9 Å². The van der Waals surface area contributed by atoms with E-state index in [4.69, 9.17) is 11.6 Å². The minimum atomic E-state index is 0.504. The van der Waals surface area contributed by atoms with Gasteiger partial charge in [-0.1, -0.05) is 23.7 Å². The van der Waals surface area contributed by atoms with Crippen molar-refractivity contribution in [2.75, 3.05) is 11.4 Å². The molecule has 3 rings (SSSR count). The number of para-hydroxylation sites is 1. The Bertz CT molecular complexity index is 663. The van der Waals surface area contributed by atoms with E-state index in [-0.39, 0.29) is 0 Å². The molecular weight excluding hydrogens is 260 g/mol. The molecule has 0 spiro atoms. The Labute approximate surface area is 116 Å². The van der Waals surface area contributed by atoms with Crippen LogP contribution in [0.3, 0.4) is 0 Å². The molecule has 94 valence electrons. The van der Waals surface area contributed by atoms with Gasteiger partial charge in [0, 0.05) is 25.1 Å². The molecule has 2 aromatic rings. The fourth-order valence-corrected chi connectivity index (χ4v) is 2.57. The van der Waals surface area contributed by atoms with E-state index >= 15 is 0 Å². The van der Waals surface area contributed by atoms with Crippen LogP contribution < -0.4 is 4.90 Å². The van der Waals surface area contributed by atoms with Crippen LogP contribution in [0.4, 0.5) is 5.69 Å². The number of anilines is 1. The highest BCUT2D eigenvalue weighted by Gasteiger charge is 2.21. The maximum absolute atomic E-state index is 9.17. The first-order valence-electron chi connectivity index (χ1n) is 6.02. The predicted molar refractivity (Wildman–Crippen MR) is 73.0 cm³/mol. The summed E-state index contributed by atoms with van der Waals surface area (Å²) in [6.07, 6.45) is 2.32. The highest BCUT2D eigenvalue weighted by atomic mass is 35.5. The SMILES string of the molecule is N#Cc1ccccc1N1CCc2ncnc(Cl)c2C1. The van der Waals surface area contributed by atoms with Gasteiger partial charge < -0.3 is 4.90 Å². The molecule has 0 atom stereocenters. The van der Waals surface area contributed by atoms with Crippen molar-refractivity contribution in [3.05, 3.63) is 52.6 Å². The molecule has 5 heteroatoms. The van der Waals surface area contributed by atoms with Gasteiger partial charge in [0.1, 0.15) is 17.5 Å². The van der Waals surface area contributed by atoms with Crippen molar-refractivity contribution in [1.82, 2.24) is 9.97 Å².